The van der Waals surface area contributed by atoms with Crippen LogP contribution >= 0.6 is 0 Å². The normalized spacial score (nSPS) is 17.4. The van der Waals surface area contributed by atoms with Crippen molar-refractivity contribution in [1.82, 2.24) is 10.6 Å². The van der Waals surface area contributed by atoms with E-state index < -0.39 is 6.10 Å². The average Bonchev–Trinajstić information content (AvgIpc) is 2.52. The van der Waals surface area contributed by atoms with Crippen molar-refractivity contribution >= 4 is 6.03 Å². The molecule has 1 aliphatic rings. The van der Waals surface area contributed by atoms with Crippen molar-refractivity contribution in [2.75, 3.05) is 6.54 Å². The molecule has 2 rings (SSSR count). The highest BCUT2D eigenvalue weighted by Gasteiger charge is 2.21. The minimum atomic E-state index is -0.419. The molecule has 0 heterocycles. The molecule has 1 atom stereocenters. The van der Waals surface area contributed by atoms with E-state index in [9.17, 15) is 9.90 Å². The predicted octanol–water partition coefficient (Wildman–Crippen LogP) is 2.43. The number of carbonyl (C=O) groups excluding carboxylic acids is 1. The lowest BCUT2D eigenvalue weighted by atomic mass is 9.85. The highest BCUT2D eigenvalue weighted by atomic mass is 16.3. The van der Waals surface area contributed by atoms with E-state index in [1.165, 1.54) is 19.3 Å². The molecule has 110 valence electrons. The number of benzene rings is 1. The fourth-order valence-corrected chi connectivity index (χ4v) is 2.72. The molecule has 0 radical (unpaired) electrons. The molecular formula is C16H24N2O2. The second kappa shape index (κ2) is 7.90. The molecule has 1 saturated carbocycles. The Labute approximate surface area is 120 Å². The highest BCUT2D eigenvalue weighted by Crippen LogP contribution is 2.26. The summed E-state index contributed by atoms with van der Waals surface area (Å²) in [6, 6.07) is 9.56. The second-order valence-corrected chi connectivity index (χ2v) is 5.51. The first-order valence-corrected chi connectivity index (χ1v) is 7.49. The minimum Gasteiger partial charge on any atom is -0.391 e. The standard InChI is InChI=1S/C16H24N2O2/c19-15(14-9-5-2-6-10-14)12-18-16(20)17-11-13-7-3-1-4-8-13/h1,3-4,7-8,14-15,19H,2,5-6,9-12H2,(H2,17,18,20). The van der Waals surface area contributed by atoms with Crippen LogP contribution in [-0.4, -0.2) is 23.8 Å². The van der Waals surface area contributed by atoms with Gasteiger partial charge in [-0.2, -0.15) is 0 Å². The molecule has 1 aromatic carbocycles. The van der Waals surface area contributed by atoms with Gasteiger partial charge in [0.05, 0.1) is 6.10 Å². The molecule has 4 nitrogen and oxygen atoms in total. The van der Waals surface area contributed by atoms with Gasteiger partial charge in [-0.3, -0.25) is 0 Å². The monoisotopic (exact) mass is 276 g/mol. The van der Waals surface area contributed by atoms with Gasteiger partial charge < -0.3 is 15.7 Å². The van der Waals surface area contributed by atoms with Gasteiger partial charge in [0.1, 0.15) is 0 Å². The van der Waals surface area contributed by atoms with Crippen molar-refractivity contribution in [3.05, 3.63) is 35.9 Å². The smallest absolute Gasteiger partial charge is 0.315 e. The molecule has 1 unspecified atom stereocenters. The van der Waals surface area contributed by atoms with Crippen molar-refractivity contribution in [2.45, 2.75) is 44.8 Å². The van der Waals surface area contributed by atoms with E-state index in [0.29, 0.717) is 19.0 Å². The number of nitrogens with one attached hydrogen (secondary N) is 2. The summed E-state index contributed by atoms with van der Waals surface area (Å²) in [7, 11) is 0. The van der Waals surface area contributed by atoms with Gasteiger partial charge in [-0.25, -0.2) is 4.79 Å². The first-order valence-electron chi connectivity index (χ1n) is 7.49. The Morgan fingerprint density at radius 1 is 1.15 bits per heavy atom. The molecule has 4 heteroatoms. The van der Waals surface area contributed by atoms with Crippen LogP contribution in [0.4, 0.5) is 4.79 Å². The average molecular weight is 276 g/mol. The minimum absolute atomic E-state index is 0.219. The van der Waals surface area contributed by atoms with Crippen molar-refractivity contribution < 1.29 is 9.90 Å². The van der Waals surface area contributed by atoms with Crippen molar-refractivity contribution in [1.29, 1.82) is 0 Å². The van der Waals surface area contributed by atoms with Crippen molar-refractivity contribution in [2.24, 2.45) is 5.92 Å². The molecule has 2 amide bonds. The lowest BCUT2D eigenvalue weighted by Crippen LogP contribution is -2.41. The van der Waals surface area contributed by atoms with Crippen LogP contribution in [0, 0.1) is 5.92 Å². The van der Waals surface area contributed by atoms with E-state index in [-0.39, 0.29) is 6.03 Å². The highest BCUT2D eigenvalue weighted by molar-refractivity contribution is 5.73. The lowest BCUT2D eigenvalue weighted by molar-refractivity contribution is 0.0858. The number of aliphatic hydroxyl groups is 1. The van der Waals surface area contributed by atoms with Crippen LogP contribution in [-0.2, 0) is 6.54 Å². The third-order valence-corrected chi connectivity index (χ3v) is 3.96. The van der Waals surface area contributed by atoms with Crippen LogP contribution in [0.15, 0.2) is 30.3 Å². The molecule has 0 aromatic heterocycles. The fraction of sp³-hybridized carbons (Fsp3) is 0.562. The van der Waals surface area contributed by atoms with Crippen LogP contribution in [0.1, 0.15) is 37.7 Å². The summed E-state index contributed by atoms with van der Waals surface area (Å²) in [5.41, 5.74) is 1.07. The van der Waals surface area contributed by atoms with Crippen LogP contribution < -0.4 is 10.6 Å². The number of urea groups is 1. The zero-order valence-corrected chi connectivity index (χ0v) is 11.8. The van der Waals surface area contributed by atoms with Gasteiger partial charge in [-0.05, 0) is 24.3 Å². The molecule has 1 aliphatic carbocycles. The molecule has 0 spiro atoms. The second-order valence-electron chi connectivity index (χ2n) is 5.51. The maximum Gasteiger partial charge on any atom is 0.315 e. The van der Waals surface area contributed by atoms with Gasteiger partial charge in [0.15, 0.2) is 0 Å². The van der Waals surface area contributed by atoms with Crippen LogP contribution in [0.25, 0.3) is 0 Å². The summed E-state index contributed by atoms with van der Waals surface area (Å²) in [4.78, 5) is 11.7. The van der Waals surface area contributed by atoms with E-state index in [1.54, 1.807) is 0 Å². The fourth-order valence-electron chi connectivity index (χ4n) is 2.72. The molecule has 1 aromatic rings. The van der Waals surface area contributed by atoms with E-state index in [2.05, 4.69) is 10.6 Å². The van der Waals surface area contributed by atoms with Crippen LogP contribution in [0.5, 0.6) is 0 Å². The van der Waals surface area contributed by atoms with Gasteiger partial charge in [0.25, 0.3) is 0 Å². The molecular weight excluding hydrogens is 252 g/mol. The third kappa shape index (κ3) is 4.85. The molecule has 0 aliphatic heterocycles. The van der Waals surface area contributed by atoms with Crippen LogP contribution in [0.2, 0.25) is 0 Å². The SMILES string of the molecule is O=C(NCc1ccccc1)NCC(O)C1CCCCC1. The number of hydrogen-bond donors (Lipinski definition) is 3. The Kier molecular flexibility index (Phi) is 5.87. The Morgan fingerprint density at radius 3 is 2.55 bits per heavy atom. The van der Waals surface area contributed by atoms with Gasteiger partial charge in [0.2, 0.25) is 0 Å². The third-order valence-electron chi connectivity index (χ3n) is 3.96. The largest absolute Gasteiger partial charge is 0.391 e. The number of amides is 2. The van der Waals surface area contributed by atoms with Gasteiger partial charge >= 0.3 is 6.03 Å². The summed E-state index contributed by atoms with van der Waals surface area (Å²) in [6.07, 6.45) is 5.40. The van der Waals surface area contributed by atoms with Gasteiger partial charge in [-0.15, -0.1) is 0 Å². The molecule has 3 N–H and O–H groups in total. The van der Waals surface area contributed by atoms with Crippen LogP contribution in [0.3, 0.4) is 0 Å². The maximum atomic E-state index is 11.7. The predicted molar refractivity (Wildman–Crippen MR) is 79.3 cm³/mol. The topological polar surface area (TPSA) is 61.4 Å². The van der Waals surface area contributed by atoms with Gasteiger partial charge in [-0.1, -0.05) is 49.6 Å². The van der Waals surface area contributed by atoms with E-state index in [4.69, 9.17) is 0 Å². The van der Waals surface area contributed by atoms with E-state index in [0.717, 1.165) is 18.4 Å². The van der Waals surface area contributed by atoms with Gasteiger partial charge in [0, 0.05) is 13.1 Å². The molecule has 20 heavy (non-hydrogen) atoms. The lowest BCUT2D eigenvalue weighted by Gasteiger charge is -2.26. The Bertz CT molecular complexity index is 402. The first-order chi connectivity index (χ1) is 9.75. The molecule has 0 bridgehead atoms. The zero-order chi connectivity index (χ0) is 14.2. The Morgan fingerprint density at radius 2 is 1.85 bits per heavy atom. The van der Waals surface area contributed by atoms with Crippen molar-refractivity contribution in [3.63, 3.8) is 0 Å². The Hall–Kier alpha value is -1.55. The number of aliphatic hydroxyl groups excluding tert-OH is 1. The summed E-state index contributed by atoms with van der Waals surface area (Å²) < 4.78 is 0. The summed E-state index contributed by atoms with van der Waals surface area (Å²) in [6.45, 7) is 0.845. The van der Waals surface area contributed by atoms with E-state index >= 15 is 0 Å². The first kappa shape index (κ1) is 14.9. The maximum absolute atomic E-state index is 11.7. The summed E-state index contributed by atoms with van der Waals surface area (Å²) >= 11 is 0. The quantitative estimate of drug-likeness (QED) is 0.773. The Balaban J connectivity index is 1.64. The number of rotatable bonds is 5. The van der Waals surface area contributed by atoms with Crippen molar-refractivity contribution in [3.8, 4) is 0 Å². The summed E-state index contributed by atoms with van der Waals surface area (Å²) in [5.74, 6) is 0.346. The van der Waals surface area contributed by atoms with E-state index in [1.807, 2.05) is 30.3 Å². The number of carbonyl (C=O) groups is 1. The zero-order valence-electron chi connectivity index (χ0n) is 11.8. The molecule has 1 fully saturated rings. The number of hydrogen-bond acceptors (Lipinski definition) is 2. The molecule has 0 saturated heterocycles. The summed E-state index contributed by atoms with van der Waals surface area (Å²) in [5, 5.41) is 15.6.